The zero-order valence-corrected chi connectivity index (χ0v) is 16.2. The number of aliphatic hydroxyl groups excluding tert-OH is 1. The predicted molar refractivity (Wildman–Crippen MR) is 102 cm³/mol. The molecule has 0 saturated carbocycles. The van der Waals surface area contributed by atoms with E-state index in [4.69, 9.17) is 5.73 Å². The highest BCUT2D eigenvalue weighted by molar-refractivity contribution is 9.10. The van der Waals surface area contributed by atoms with Crippen molar-refractivity contribution in [1.82, 2.24) is 4.57 Å². The number of nitrogens with zero attached hydrogens (tertiary/aromatic N) is 1. The first-order chi connectivity index (χ1) is 10.4. The van der Waals surface area contributed by atoms with E-state index in [0.29, 0.717) is 6.42 Å². The molecule has 0 spiro atoms. The molecule has 0 amide bonds. The molecule has 124 valence electrons. The van der Waals surface area contributed by atoms with Crippen LogP contribution < -0.4 is 5.73 Å². The van der Waals surface area contributed by atoms with Crippen molar-refractivity contribution in [3.8, 4) is 0 Å². The maximum atomic E-state index is 9.38. The van der Waals surface area contributed by atoms with E-state index in [1.807, 2.05) is 46.9 Å². The first-order valence-electron chi connectivity index (χ1n) is 7.79. The minimum Gasteiger partial charge on any atom is -0.511 e. The molecule has 22 heavy (non-hydrogen) atoms. The Labute approximate surface area is 143 Å². The zero-order chi connectivity index (χ0) is 17.4. The SMILES string of the molecule is C=C(O)C(N)Cc1c(C)n(C)c2cccc(Br)c12.CC.CC. The molecule has 4 heteroatoms. The third kappa shape index (κ3) is 4.37. The summed E-state index contributed by atoms with van der Waals surface area (Å²) in [5.74, 6) is 0.0263. The van der Waals surface area contributed by atoms with Crippen LogP contribution >= 0.6 is 15.9 Å². The van der Waals surface area contributed by atoms with Gasteiger partial charge >= 0.3 is 0 Å². The number of aryl methyl sites for hydroxylation is 1. The topological polar surface area (TPSA) is 51.2 Å². The normalized spacial score (nSPS) is 11.1. The van der Waals surface area contributed by atoms with Crippen molar-refractivity contribution in [1.29, 1.82) is 0 Å². The van der Waals surface area contributed by atoms with Crippen LogP contribution in [0.4, 0.5) is 0 Å². The quantitative estimate of drug-likeness (QED) is 0.727. The first kappa shape index (κ1) is 20.7. The van der Waals surface area contributed by atoms with E-state index in [-0.39, 0.29) is 5.76 Å². The minimum atomic E-state index is -0.429. The Morgan fingerprint density at radius 2 is 1.86 bits per heavy atom. The zero-order valence-electron chi connectivity index (χ0n) is 14.6. The summed E-state index contributed by atoms with van der Waals surface area (Å²) in [7, 11) is 2.03. The predicted octanol–water partition coefficient (Wildman–Crippen LogP) is 5.24. The van der Waals surface area contributed by atoms with Gasteiger partial charge < -0.3 is 15.4 Å². The average molecular weight is 369 g/mol. The molecule has 0 saturated heterocycles. The molecule has 1 atom stereocenters. The lowest BCUT2D eigenvalue weighted by Gasteiger charge is -2.10. The Balaban J connectivity index is 0.00000102. The molecule has 2 aromatic rings. The molecule has 1 heterocycles. The van der Waals surface area contributed by atoms with Crippen LogP contribution in [0.3, 0.4) is 0 Å². The fourth-order valence-electron chi connectivity index (χ4n) is 2.24. The van der Waals surface area contributed by atoms with Crippen molar-refractivity contribution in [3.63, 3.8) is 0 Å². The summed E-state index contributed by atoms with van der Waals surface area (Å²) < 4.78 is 3.19. The van der Waals surface area contributed by atoms with Crippen LogP contribution in [-0.2, 0) is 13.5 Å². The highest BCUT2D eigenvalue weighted by Crippen LogP contribution is 2.32. The Hall–Kier alpha value is -1.26. The summed E-state index contributed by atoms with van der Waals surface area (Å²) in [5.41, 5.74) is 9.37. The summed E-state index contributed by atoms with van der Waals surface area (Å²) >= 11 is 3.58. The van der Waals surface area contributed by atoms with E-state index in [2.05, 4.69) is 40.1 Å². The van der Waals surface area contributed by atoms with Crippen molar-refractivity contribution < 1.29 is 5.11 Å². The molecule has 0 bridgehead atoms. The van der Waals surface area contributed by atoms with Crippen LogP contribution in [-0.4, -0.2) is 15.7 Å². The van der Waals surface area contributed by atoms with Gasteiger partial charge in [-0.1, -0.05) is 56.3 Å². The third-order valence-corrected chi connectivity index (χ3v) is 4.11. The van der Waals surface area contributed by atoms with Gasteiger partial charge in [0.2, 0.25) is 0 Å². The van der Waals surface area contributed by atoms with Crippen LogP contribution in [0.5, 0.6) is 0 Å². The smallest absolute Gasteiger partial charge is 0.102 e. The van der Waals surface area contributed by atoms with Gasteiger partial charge in [0, 0.05) is 28.1 Å². The van der Waals surface area contributed by atoms with Crippen molar-refractivity contribution in [2.45, 2.75) is 47.1 Å². The molecule has 1 aromatic heterocycles. The van der Waals surface area contributed by atoms with Crippen molar-refractivity contribution in [2.24, 2.45) is 12.8 Å². The van der Waals surface area contributed by atoms with Crippen molar-refractivity contribution in [2.75, 3.05) is 0 Å². The molecule has 2 rings (SSSR count). The Morgan fingerprint density at radius 3 is 2.36 bits per heavy atom. The van der Waals surface area contributed by atoms with E-state index in [0.717, 1.165) is 26.6 Å². The molecule has 3 nitrogen and oxygen atoms in total. The Kier molecular flexibility index (Phi) is 9.14. The molecular weight excluding hydrogens is 340 g/mol. The lowest BCUT2D eigenvalue weighted by atomic mass is 10.0. The van der Waals surface area contributed by atoms with Gasteiger partial charge in [0.25, 0.3) is 0 Å². The molecule has 0 aliphatic rings. The standard InChI is InChI=1S/C14H17BrN2O.2C2H6/c1-8-10(7-12(16)9(2)18)14-11(15)5-4-6-13(14)17(8)3;2*1-2/h4-6,12,18H,2,7,16H2,1,3H3;2*1-2H3. The van der Waals surface area contributed by atoms with Crippen LogP contribution in [0.25, 0.3) is 10.9 Å². The number of halogens is 1. The van der Waals surface area contributed by atoms with E-state index in [9.17, 15) is 5.11 Å². The van der Waals surface area contributed by atoms with Gasteiger partial charge in [-0.3, -0.25) is 0 Å². The summed E-state index contributed by atoms with van der Waals surface area (Å²) in [5, 5.41) is 10.5. The summed E-state index contributed by atoms with van der Waals surface area (Å²) in [6.45, 7) is 13.6. The third-order valence-electron chi connectivity index (χ3n) is 3.45. The molecule has 3 N–H and O–H groups in total. The molecule has 1 aromatic carbocycles. The second kappa shape index (κ2) is 9.70. The molecule has 1 unspecified atom stereocenters. The lowest BCUT2D eigenvalue weighted by molar-refractivity contribution is 0.368. The van der Waals surface area contributed by atoms with Crippen molar-refractivity contribution >= 4 is 26.8 Å². The molecule has 0 fully saturated rings. The number of hydrogen-bond acceptors (Lipinski definition) is 2. The maximum Gasteiger partial charge on any atom is 0.102 e. The lowest BCUT2D eigenvalue weighted by Crippen LogP contribution is -2.25. The number of benzene rings is 1. The molecule has 0 aliphatic heterocycles. The molecule has 0 radical (unpaired) electrons. The summed E-state index contributed by atoms with van der Waals surface area (Å²) in [4.78, 5) is 0. The Morgan fingerprint density at radius 1 is 1.32 bits per heavy atom. The number of fused-ring (bicyclic) bond motifs is 1. The number of rotatable bonds is 3. The van der Waals surface area contributed by atoms with Crippen LogP contribution in [0, 0.1) is 6.92 Å². The van der Waals surface area contributed by atoms with E-state index in [1.54, 1.807) is 0 Å². The number of nitrogens with two attached hydrogens (primary N) is 1. The van der Waals surface area contributed by atoms with E-state index >= 15 is 0 Å². The van der Waals surface area contributed by atoms with Gasteiger partial charge in [-0.25, -0.2) is 0 Å². The number of aromatic nitrogens is 1. The maximum absolute atomic E-state index is 9.38. The summed E-state index contributed by atoms with van der Waals surface area (Å²) in [6, 6.07) is 5.68. The van der Waals surface area contributed by atoms with E-state index < -0.39 is 6.04 Å². The highest BCUT2D eigenvalue weighted by Gasteiger charge is 2.17. The molecular formula is C18H29BrN2O. The fraction of sp³-hybridized carbons (Fsp3) is 0.444. The van der Waals surface area contributed by atoms with Gasteiger partial charge in [-0.05, 0) is 31.0 Å². The van der Waals surface area contributed by atoms with Crippen LogP contribution in [0.15, 0.2) is 35.0 Å². The fourth-order valence-corrected chi connectivity index (χ4v) is 2.84. The van der Waals surface area contributed by atoms with E-state index in [1.165, 1.54) is 0 Å². The second-order valence-electron chi connectivity index (χ2n) is 4.56. The van der Waals surface area contributed by atoms with Crippen molar-refractivity contribution in [3.05, 3.63) is 46.3 Å². The monoisotopic (exact) mass is 368 g/mol. The average Bonchev–Trinajstić information content (AvgIpc) is 2.77. The number of aliphatic hydroxyl groups is 1. The van der Waals surface area contributed by atoms with Gasteiger partial charge in [-0.15, -0.1) is 0 Å². The van der Waals surface area contributed by atoms with Crippen LogP contribution in [0.2, 0.25) is 0 Å². The van der Waals surface area contributed by atoms with Gasteiger partial charge in [0.1, 0.15) is 5.76 Å². The van der Waals surface area contributed by atoms with Crippen LogP contribution in [0.1, 0.15) is 39.0 Å². The largest absolute Gasteiger partial charge is 0.511 e. The van der Waals surface area contributed by atoms with Gasteiger partial charge in [-0.2, -0.15) is 0 Å². The first-order valence-corrected chi connectivity index (χ1v) is 8.58. The minimum absolute atomic E-state index is 0.0263. The molecule has 0 aliphatic carbocycles. The second-order valence-corrected chi connectivity index (χ2v) is 5.41. The summed E-state index contributed by atoms with van der Waals surface area (Å²) in [6.07, 6.45) is 0.584. The number of hydrogen-bond donors (Lipinski definition) is 2. The van der Waals surface area contributed by atoms with Gasteiger partial charge in [0.05, 0.1) is 6.04 Å². The Bertz CT molecular complexity index is 617. The van der Waals surface area contributed by atoms with Gasteiger partial charge in [0.15, 0.2) is 0 Å². The highest BCUT2D eigenvalue weighted by atomic mass is 79.9.